The summed E-state index contributed by atoms with van der Waals surface area (Å²) in [5.74, 6) is -7.41. The lowest BCUT2D eigenvalue weighted by atomic mass is 9.82. The highest BCUT2D eigenvalue weighted by Gasteiger charge is 2.63. The van der Waals surface area contributed by atoms with Crippen molar-refractivity contribution in [3.05, 3.63) is 42.6 Å². The van der Waals surface area contributed by atoms with E-state index in [9.17, 15) is 40.8 Å². The van der Waals surface area contributed by atoms with Crippen LogP contribution in [0.2, 0.25) is 0 Å². The number of hydrogen-bond acceptors (Lipinski definition) is 10. The molecule has 1 aromatic heterocycles. The van der Waals surface area contributed by atoms with Crippen LogP contribution in [-0.4, -0.2) is 90.1 Å². The number of alkyl halides is 3. The van der Waals surface area contributed by atoms with Crippen LogP contribution in [0.15, 0.2) is 42.6 Å². The molecule has 1 aromatic carbocycles. The largest absolute Gasteiger partial charge is 0.494 e. The molecule has 0 radical (unpaired) electrons. The predicted molar refractivity (Wildman–Crippen MR) is 213 cm³/mol. The zero-order valence-corrected chi connectivity index (χ0v) is 35.4. The Kier molecular flexibility index (Phi) is 12.5. The minimum Gasteiger partial charge on any atom is -0.494 e. The molecular formula is C43H56F3N3O9S. The van der Waals surface area contributed by atoms with Gasteiger partial charge in [-0.3, -0.25) is 23.9 Å². The first kappa shape index (κ1) is 44.3. The van der Waals surface area contributed by atoms with Crippen molar-refractivity contribution in [2.75, 3.05) is 19.8 Å². The fraction of sp³-hybridized carbons (Fsp3) is 0.651. The Morgan fingerprint density at radius 1 is 1.08 bits per heavy atom. The van der Waals surface area contributed by atoms with Crippen LogP contribution in [0.1, 0.15) is 99.3 Å². The smallest absolute Gasteiger partial charge is 0.307 e. The molecule has 2 saturated carbocycles. The summed E-state index contributed by atoms with van der Waals surface area (Å²) in [6.07, 6.45) is 5.62. The topological polar surface area (TPSA) is 158 Å². The molecule has 3 heterocycles. The van der Waals surface area contributed by atoms with Gasteiger partial charge in [-0.05, 0) is 107 Å². The number of halogens is 3. The molecule has 4 aliphatic rings. The molecule has 0 unspecified atom stereocenters. The number of allylic oxidation sites excluding steroid dienone is 2. The summed E-state index contributed by atoms with van der Waals surface area (Å²) in [4.78, 5) is 62.8. The first-order valence-corrected chi connectivity index (χ1v) is 22.0. The van der Waals surface area contributed by atoms with Crippen molar-refractivity contribution < 1.29 is 55.0 Å². The van der Waals surface area contributed by atoms with E-state index in [4.69, 9.17) is 14.2 Å². The lowest BCUT2D eigenvalue weighted by molar-refractivity contribution is -0.197. The number of ether oxygens (including phenoxy) is 3. The fourth-order valence-electron chi connectivity index (χ4n) is 8.47. The van der Waals surface area contributed by atoms with Crippen LogP contribution in [0.5, 0.6) is 11.6 Å². The zero-order valence-electron chi connectivity index (χ0n) is 34.6. The summed E-state index contributed by atoms with van der Waals surface area (Å²) in [6.45, 7) is 7.76. The predicted octanol–water partition coefficient (Wildman–Crippen LogP) is 6.89. The molecule has 12 nitrogen and oxygen atoms in total. The second kappa shape index (κ2) is 16.7. The summed E-state index contributed by atoms with van der Waals surface area (Å²) in [5, 5.41) is 1.43. The van der Waals surface area contributed by atoms with Gasteiger partial charge < -0.3 is 19.1 Å². The van der Waals surface area contributed by atoms with E-state index in [0.29, 0.717) is 43.9 Å². The van der Waals surface area contributed by atoms with Crippen LogP contribution in [0.3, 0.4) is 0 Å². The number of carbonyl (C=O) groups excluding carboxylic acids is 4. The molecule has 1 N–H and O–H groups in total. The number of fused-ring (bicyclic) bond motifs is 3. The molecule has 2 aliphatic heterocycles. The van der Waals surface area contributed by atoms with Gasteiger partial charge in [0.05, 0.1) is 36.9 Å². The first-order chi connectivity index (χ1) is 27.7. The van der Waals surface area contributed by atoms with Crippen molar-refractivity contribution in [3.8, 4) is 11.6 Å². The monoisotopic (exact) mass is 847 g/mol. The summed E-state index contributed by atoms with van der Waals surface area (Å²) in [5.41, 5.74) is -3.63. The molecular weight excluding hydrogens is 792 g/mol. The number of amides is 2. The van der Waals surface area contributed by atoms with E-state index in [2.05, 4.69) is 9.71 Å². The maximum atomic E-state index is 14.9. The highest BCUT2D eigenvalue weighted by Crippen LogP contribution is 2.58. The van der Waals surface area contributed by atoms with Crippen molar-refractivity contribution >= 4 is 44.4 Å². The number of benzene rings is 1. The molecule has 1 saturated heterocycles. The molecule has 16 heteroatoms. The van der Waals surface area contributed by atoms with Crippen molar-refractivity contribution in [3.63, 3.8) is 0 Å². The number of Topliss-reactive ketones (excluding diaryl/α,β-unsaturated/α-hetero) is 1. The first-order valence-electron chi connectivity index (χ1n) is 20.6. The van der Waals surface area contributed by atoms with Gasteiger partial charge in [0.25, 0.3) is 5.92 Å². The van der Waals surface area contributed by atoms with E-state index < -0.39 is 105 Å². The number of esters is 1. The highest BCUT2D eigenvalue weighted by atomic mass is 32.2. The number of carbonyl (C=O) groups is 4. The van der Waals surface area contributed by atoms with E-state index in [1.54, 1.807) is 24.4 Å². The molecule has 2 aromatic rings. The number of ketones is 1. The van der Waals surface area contributed by atoms with Gasteiger partial charge in [-0.1, -0.05) is 26.0 Å². The third kappa shape index (κ3) is 9.26. The molecule has 7 atom stereocenters. The number of sulfonamides is 1. The number of nitrogens with one attached hydrogen (secondary N) is 1. The third-order valence-electron chi connectivity index (χ3n) is 12.9. The third-order valence-corrected chi connectivity index (χ3v) is 15.0. The average Bonchev–Trinajstić information content (AvgIpc) is 4.06. The van der Waals surface area contributed by atoms with Gasteiger partial charge in [-0.2, -0.15) is 0 Å². The Hall–Kier alpha value is -4.21. The molecule has 3 fully saturated rings. The van der Waals surface area contributed by atoms with Crippen LogP contribution in [0, 0.1) is 29.1 Å². The minimum atomic E-state index is -4.39. The van der Waals surface area contributed by atoms with Gasteiger partial charge >= 0.3 is 5.97 Å². The molecule has 6 rings (SSSR count). The van der Waals surface area contributed by atoms with Gasteiger partial charge in [0.1, 0.15) is 23.3 Å². The maximum Gasteiger partial charge on any atom is 0.307 e. The van der Waals surface area contributed by atoms with Crippen molar-refractivity contribution in [2.24, 2.45) is 29.1 Å². The normalized spacial score (nSPS) is 29.3. The van der Waals surface area contributed by atoms with Crippen LogP contribution >= 0.6 is 0 Å². The number of hydrogen-bond donors (Lipinski definition) is 1. The van der Waals surface area contributed by atoms with Crippen molar-refractivity contribution in [1.29, 1.82) is 0 Å². The van der Waals surface area contributed by atoms with E-state index >= 15 is 0 Å². The SMILES string of the molecule is CCOc1ccc2c(O[C@@H]3C[C@H]4C(=O)C[C@]5(C(=O)NS(=O)(=O)C6(CF)CC6)C[C@H]5/C=C\CC[C@@H](C)C[C@@H](C)[C@H](CC(=O)OC(C)(C)C(C)(F)F)C(=O)N4C3)nccc2c1. The Morgan fingerprint density at radius 3 is 2.47 bits per heavy atom. The summed E-state index contributed by atoms with van der Waals surface area (Å²) in [6, 6.07) is 6.04. The standard InChI is InChI=1S/C43H56F3N3O9S/c1-7-56-30-12-13-32-28(19-30)14-17-47-37(32)57-31-20-34-35(50)23-43(39(53)48-59(54,55)42(25-44)15-16-42)22-29(43)11-9-8-10-26(2)18-27(3)33(38(52)49(34)24-31)21-36(51)58-40(4,5)41(6,45)46/h9,11-14,17,19,26-27,29,31,33-34H,7-8,10,15-16,18,20-25H2,1-6H3,(H,48,53)/b11-9-/t26-,27-,29-,31-,33+,34+,43-/m1/s1. The van der Waals surface area contributed by atoms with Crippen molar-refractivity contribution in [2.45, 2.75) is 128 Å². The molecule has 2 amide bonds. The molecule has 0 spiro atoms. The number of rotatable bonds is 12. The second-order valence-electron chi connectivity index (χ2n) is 17.8. The Morgan fingerprint density at radius 2 is 1.81 bits per heavy atom. The summed E-state index contributed by atoms with van der Waals surface area (Å²) >= 11 is 0. The molecule has 0 bridgehead atoms. The van der Waals surface area contributed by atoms with Gasteiger partial charge in [0.15, 0.2) is 11.4 Å². The van der Waals surface area contributed by atoms with Crippen LogP contribution in [-0.2, 0) is 33.9 Å². The lowest BCUT2D eigenvalue weighted by Gasteiger charge is -2.34. The maximum absolute atomic E-state index is 14.9. The van der Waals surface area contributed by atoms with Gasteiger partial charge in [0.2, 0.25) is 27.7 Å². The van der Waals surface area contributed by atoms with E-state index in [1.165, 1.54) is 4.90 Å². The zero-order chi connectivity index (χ0) is 43.1. The van der Waals surface area contributed by atoms with Crippen LogP contribution in [0.25, 0.3) is 10.8 Å². The summed E-state index contributed by atoms with van der Waals surface area (Å²) < 4.78 is 87.0. The quantitative estimate of drug-likeness (QED) is 0.176. The second-order valence-corrected chi connectivity index (χ2v) is 19.9. The van der Waals surface area contributed by atoms with Gasteiger partial charge in [-0.15, -0.1) is 0 Å². The number of aromatic nitrogens is 1. The van der Waals surface area contributed by atoms with Crippen LogP contribution < -0.4 is 14.2 Å². The lowest BCUT2D eigenvalue weighted by Crippen LogP contribution is -2.49. The Bertz CT molecular complexity index is 2090. The number of nitrogens with zero attached hydrogens (tertiary/aromatic N) is 2. The summed E-state index contributed by atoms with van der Waals surface area (Å²) in [7, 11) is -4.39. The van der Waals surface area contributed by atoms with E-state index in [-0.39, 0.29) is 44.0 Å². The van der Waals surface area contributed by atoms with Crippen LogP contribution in [0.4, 0.5) is 13.2 Å². The fourth-order valence-corrected chi connectivity index (χ4v) is 9.92. The minimum absolute atomic E-state index is 0.0157. The molecule has 324 valence electrons. The van der Waals surface area contributed by atoms with Gasteiger partial charge in [-0.25, -0.2) is 26.6 Å². The average molecular weight is 848 g/mol. The molecule has 2 aliphatic carbocycles. The Labute approximate surface area is 344 Å². The van der Waals surface area contributed by atoms with E-state index in [0.717, 1.165) is 19.2 Å². The van der Waals surface area contributed by atoms with Crippen molar-refractivity contribution in [1.82, 2.24) is 14.6 Å². The number of pyridine rings is 1. The Balaban J connectivity index is 1.35. The van der Waals surface area contributed by atoms with Gasteiger partial charge in [0, 0.05) is 31.3 Å². The van der Waals surface area contributed by atoms with E-state index in [1.807, 2.05) is 39.0 Å². The highest BCUT2D eigenvalue weighted by molar-refractivity contribution is 7.91. The molecule has 59 heavy (non-hydrogen) atoms.